The summed E-state index contributed by atoms with van der Waals surface area (Å²) in [5.74, 6) is 0. The van der Waals surface area contributed by atoms with Crippen LogP contribution in [0.5, 0.6) is 0 Å². The van der Waals surface area contributed by atoms with Gasteiger partial charge in [-0.05, 0) is 21.9 Å². The second-order valence-electron chi connectivity index (χ2n) is 4.86. The molecule has 0 spiro atoms. The zero-order chi connectivity index (χ0) is 17.6. The lowest BCUT2D eigenvalue weighted by Gasteiger charge is -1.96. The second-order valence-corrected chi connectivity index (χ2v) is 4.86. The number of allylic oxidation sites excluding steroid dienone is 2. The fraction of sp³-hybridized carbons (Fsp3) is 0. The molecule has 0 aliphatic rings. The molecule has 0 atom stereocenters. The van der Waals surface area contributed by atoms with Gasteiger partial charge in [-0.25, -0.2) is 0 Å². The summed E-state index contributed by atoms with van der Waals surface area (Å²) in [5, 5.41) is 2.62. The van der Waals surface area contributed by atoms with Gasteiger partial charge in [-0.1, -0.05) is 123 Å². The maximum atomic E-state index is 3.69. The van der Waals surface area contributed by atoms with Crippen LogP contribution in [-0.2, 0) is 0 Å². The largest absolute Gasteiger partial charge is 0.0991 e. The van der Waals surface area contributed by atoms with Crippen molar-refractivity contribution in [1.82, 2.24) is 0 Å². The normalized spacial score (nSPS) is 8.67. The molecule has 0 N–H and O–H groups in total. The molecule has 24 heavy (non-hydrogen) atoms. The molecule has 0 aromatic heterocycles. The van der Waals surface area contributed by atoms with Crippen molar-refractivity contribution in [2.45, 2.75) is 0 Å². The van der Waals surface area contributed by atoms with E-state index in [1.165, 1.54) is 10.8 Å². The molecule has 0 amide bonds. The first kappa shape index (κ1) is 18.9. The molecule has 0 aliphatic heterocycles. The Morgan fingerprint density at radius 2 is 0.750 bits per heavy atom. The van der Waals surface area contributed by atoms with Crippen LogP contribution < -0.4 is 0 Å². The van der Waals surface area contributed by atoms with Gasteiger partial charge in [0.25, 0.3) is 0 Å². The van der Waals surface area contributed by atoms with Crippen LogP contribution in [0.3, 0.4) is 0 Å². The van der Waals surface area contributed by atoms with Gasteiger partial charge in [0.05, 0.1) is 0 Å². The van der Waals surface area contributed by atoms with Gasteiger partial charge >= 0.3 is 0 Å². The predicted octanol–water partition coefficient (Wildman–Crippen LogP) is 7.17. The fourth-order valence-corrected chi connectivity index (χ4v) is 2.02. The maximum absolute atomic E-state index is 3.69. The Hall–Kier alpha value is -3.12. The van der Waals surface area contributed by atoms with Gasteiger partial charge in [0, 0.05) is 0 Å². The van der Waals surface area contributed by atoms with Crippen molar-refractivity contribution in [3.05, 3.63) is 122 Å². The summed E-state index contributed by atoms with van der Waals surface area (Å²) < 4.78 is 0. The van der Waals surface area contributed by atoms with Gasteiger partial charge in [0.15, 0.2) is 0 Å². The quantitative estimate of drug-likeness (QED) is 0.450. The topological polar surface area (TPSA) is 0 Å². The Morgan fingerprint density at radius 1 is 0.458 bits per heavy atom. The highest BCUT2D eigenvalue weighted by molar-refractivity contribution is 5.82. The van der Waals surface area contributed by atoms with E-state index in [0.717, 1.165) is 11.1 Å². The third-order valence-electron chi connectivity index (χ3n) is 3.26. The first-order valence-corrected chi connectivity index (χ1v) is 7.78. The van der Waals surface area contributed by atoms with Crippen LogP contribution >= 0.6 is 0 Å². The van der Waals surface area contributed by atoms with Crippen molar-refractivity contribution in [2.24, 2.45) is 0 Å². The molecule has 0 heteroatoms. The lowest BCUT2D eigenvalue weighted by molar-refractivity contribution is 1.62. The monoisotopic (exact) mass is 312 g/mol. The molecule has 120 valence electrons. The molecule has 3 rings (SSSR count). The van der Waals surface area contributed by atoms with Gasteiger partial charge in [-0.3, -0.25) is 0 Å². The lowest BCUT2D eigenvalue weighted by atomic mass is 10.1. The summed E-state index contributed by atoms with van der Waals surface area (Å²) in [4.78, 5) is 0. The van der Waals surface area contributed by atoms with E-state index in [0.29, 0.717) is 0 Å². The zero-order valence-corrected chi connectivity index (χ0v) is 14.1. The highest BCUT2D eigenvalue weighted by Gasteiger charge is 1.89. The smallest absolute Gasteiger partial charge is 0.0184 e. The molecule has 0 saturated heterocycles. The third kappa shape index (κ3) is 6.33. The molecular formula is C24H24. The van der Waals surface area contributed by atoms with Crippen LogP contribution in [0.25, 0.3) is 22.9 Å². The average Bonchev–Trinajstić information content (AvgIpc) is 2.68. The Bertz CT molecular complexity index is 695. The van der Waals surface area contributed by atoms with Crippen molar-refractivity contribution in [3.63, 3.8) is 0 Å². The number of rotatable bonds is 3. The maximum Gasteiger partial charge on any atom is -0.0184 e. The van der Waals surface area contributed by atoms with Crippen molar-refractivity contribution in [3.8, 4) is 0 Å². The summed E-state index contributed by atoms with van der Waals surface area (Å²) in [5.41, 5.74) is 2.27. The summed E-state index contributed by atoms with van der Waals surface area (Å²) in [7, 11) is 0. The summed E-state index contributed by atoms with van der Waals surface area (Å²) >= 11 is 0. The summed E-state index contributed by atoms with van der Waals surface area (Å²) in [6.45, 7) is 14.1. The third-order valence-corrected chi connectivity index (χ3v) is 3.26. The van der Waals surface area contributed by atoms with Crippen LogP contribution in [0.1, 0.15) is 11.1 Å². The minimum Gasteiger partial charge on any atom is -0.0991 e. The van der Waals surface area contributed by atoms with E-state index >= 15 is 0 Å². The van der Waals surface area contributed by atoms with E-state index in [4.69, 9.17) is 0 Å². The van der Waals surface area contributed by atoms with Crippen LogP contribution in [0.15, 0.2) is 111 Å². The average molecular weight is 312 g/mol. The highest BCUT2D eigenvalue weighted by atomic mass is 13.9. The lowest BCUT2D eigenvalue weighted by Crippen LogP contribution is -1.76. The van der Waals surface area contributed by atoms with Crippen LogP contribution in [-0.4, -0.2) is 0 Å². The predicted molar refractivity (Wildman–Crippen MR) is 111 cm³/mol. The Kier molecular flexibility index (Phi) is 9.03. The zero-order valence-electron chi connectivity index (χ0n) is 14.1. The van der Waals surface area contributed by atoms with Crippen molar-refractivity contribution in [1.29, 1.82) is 0 Å². The van der Waals surface area contributed by atoms with E-state index in [9.17, 15) is 0 Å². The van der Waals surface area contributed by atoms with E-state index in [1.807, 2.05) is 36.4 Å². The van der Waals surface area contributed by atoms with Gasteiger partial charge in [-0.2, -0.15) is 0 Å². The van der Waals surface area contributed by atoms with Gasteiger partial charge in [0.2, 0.25) is 0 Å². The Labute approximate surface area is 145 Å². The van der Waals surface area contributed by atoms with Crippen LogP contribution in [0.4, 0.5) is 0 Å². The molecular weight excluding hydrogens is 288 g/mol. The number of fused-ring (bicyclic) bond motifs is 1. The molecule has 3 aromatic rings. The minimum absolute atomic E-state index is 1.14. The number of hydrogen-bond acceptors (Lipinski definition) is 0. The van der Waals surface area contributed by atoms with Gasteiger partial charge in [-0.15, -0.1) is 0 Å². The molecule has 0 radical (unpaired) electrons. The minimum atomic E-state index is 1.14. The van der Waals surface area contributed by atoms with E-state index in [-0.39, 0.29) is 0 Å². The highest BCUT2D eigenvalue weighted by Crippen LogP contribution is 2.11. The van der Waals surface area contributed by atoms with Crippen molar-refractivity contribution < 1.29 is 0 Å². The fourth-order valence-electron chi connectivity index (χ4n) is 2.02. The van der Waals surface area contributed by atoms with Crippen LogP contribution in [0.2, 0.25) is 0 Å². The Balaban J connectivity index is 0.000000198. The second kappa shape index (κ2) is 11.4. The molecule has 0 heterocycles. The Morgan fingerprint density at radius 3 is 1.00 bits per heavy atom. The van der Waals surface area contributed by atoms with Crippen molar-refractivity contribution in [2.75, 3.05) is 0 Å². The van der Waals surface area contributed by atoms with Gasteiger partial charge < -0.3 is 0 Å². The summed E-state index contributed by atoms with van der Waals surface area (Å²) in [6.07, 6.45) is 6.94. The van der Waals surface area contributed by atoms with Crippen LogP contribution in [0, 0.1) is 0 Å². The molecule has 0 saturated carbocycles. The van der Waals surface area contributed by atoms with Crippen molar-refractivity contribution >= 4 is 22.9 Å². The molecule has 3 aromatic carbocycles. The first-order valence-electron chi connectivity index (χ1n) is 7.78. The first-order chi connectivity index (χ1) is 11.8. The van der Waals surface area contributed by atoms with E-state index in [2.05, 4.69) is 74.8 Å². The molecule has 0 unspecified atom stereocenters. The molecule has 0 fully saturated rings. The SMILES string of the molecule is C=CC=C.C=Cc1ccccc1C=C.c1ccc2ccccc2c1. The molecule has 0 nitrogen and oxygen atoms in total. The number of benzene rings is 3. The van der Waals surface area contributed by atoms with E-state index in [1.54, 1.807) is 12.2 Å². The van der Waals surface area contributed by atoms with E-state index < -0.39 is 0 Å². The standard InChI is InChI=1S/C10H8.C10H10.C4H6/c1-2-6-10-8-4-3-7-9(10)5-1;1-3-9-7-5-6-8-10(9)4-2;1-3-4-2/h1-8H;3-8H,1-2H2;3-4H,1-2H2. The number of hydrogen-bond donors (Lipinski definition) is 0. The van der Waals surface area contributed by atoms with Gasteiger partial charge in [0.1, 0.15) is 0 Å². The molecule has 0 aliphatic carbocycles. The molecule has 0 bridgehead atoms. The summed E-state index contributed by atoms with van der Waals surface area (Å²) in [6, 6.07) is 24.7.